The molecule has 0 spiro atoms. The zero-order valence-electron chi connectivity index (χ0n) is 8.82. The molecular formula is C9H7N5O4. The summed E-state index contributed by atoms with van der Waals surface area (Å²) in [5, 5.41) is 8.91. The minimum absolute atomic E-state index is 0.0255. The Morgan fingerprint density at radius 2 is 1.44 bits per heavy atom. The van der Waals surface area contributed by atoms with Crippen LogP contribution >= 0.6 is 0 Å². The van der Waals surface area contributed by atoms with Crippen LogP contribution in [0.15, 0.2) is 24.8 Å². The highest BCUT2D eigenvalue weighted by Gasteiger charge is 2.32. The third-order valence-electron chi connectivity index (χ3n) is 2.00. The first-order valence-electron chi connectivity index (χ1n) is 4.71. The second-order valence-electron chi connectivity index (χ2n) is 3.10. The summed E-state index contributed by atoms with van der Waals surface area (Å²) in [6.07, 6.45) is 3.50. The molecule has 92 valence electrons. The average molecular weight is 249 g/mol. The van der Waals surface area contributed by atoms with E-state index in [0.717, 1.165) is 0 Å². The van der Waals surface area contributed by atoms with Crippen LogP contribution in [0, 0.1) is 0 Å². The van der Waals surface area contributed by atoms with E-state index in [1.807, 2.05) is 0 Å². The van der Waals surface area contributed by atoms with Gasteiger partial charge in [0.1, 0.15) is 0 Å². The van der Waals surface area contributed by atoms with Gasteiger partial charge in [-0.05, 0) is 0 Å². The summed E-state index contributed by atoms with van der Waals surface area (Å²) in [4.78, 5) is 46.6. The number of aromatic nitrogens is 4. The zero-order chi connectivity index (χ0) is 13.1. The van der Waals surface area contributed by atoms with Gasteiger partial charge in [0.2, 0.25) is 0 Å². The summed E-state index contributed by atoms with van der Waals surface area (Å²) < 4.78 is 0. The molecule has 3 amide bonds. The first kappa shape index (κ1) is 11.5. The molecule has 0 aliphatic rings. The third kappa shape index (κ3) is 1.96. The maximum Gasteiger partial charge on any atom is 0.421 e. The van der Waals surface area contributed by atoms with Crippen LogP contribution in [-0.2, 0) is 0 Å². The van der Waals surface area contributed by atoms with Crippen LogP contribution in [0.5, 0.6) is 0 Å². The number of carboxylic acid groups (broad SMARTS) is 1. The van der Waals surface area contributed by atoms with Crippen LogP contribution in [0.25, 0.3) is 0 Å². The number of amides is 3. The smallest absolute Gasteiger partial charge is 0.421 e. The monoisotopic (exact) mass is 249 g/mol. The highest BCUT2D eigenvalue weighted by atomic mass is 16.4. The Morgan fingerprint density at radius 3 is 1.72 bits per heavy atom. The lowest BCUT2D eigenvalue weighted by Gasteiger charge is -2.12. The van der Waals surface area contributed by atoms with E-state index in [2.05, 4.69) is 19.9 Å². The van der Waals surface area contributed by atoms with Crippen molar-refractivity contribution in [1.82, 2.24) is 24.8 Å². The first-order valence-corrected chi connectivity index (χ1v) is 4.71. The fourth-order valence-electron chi connectivity index (χ4n) is 1.24. The lowest BCUT2D eigenvalue weighted by Crippen LogP contribution is -2.42. The van der Waals surface area contributed by atoms with Gasteiger partial charge in [-0.2, -0.15) is 4.90 Å². The predicted molar refractivity (Wildman–Crippen MR) is 55.7 cm³/mol. The summed E-state index contributed by atoms with van der Waals surface area (Å²) in [5.74, 6) is -2.66. The normalized spacial score (nSPS) is 10.0. The van der Waals surface area contributed by atoms with Gasteiger partial charge in [0.25, 0.3) is 0 Å². The van der Waals surface area contributed by atoms with Gasteiger partial charge in [-0.1, -0.05) is 0 Å². The number of H-pyrrole nitrogens is 2. The Balaban J connectivity index is 2.32. The summed E-state index contributed by atoms with van der Waals surface area (Å²) in [6, 6.07) is 0. The predicted octanol–water partition coefficient (Wildman–Crippen LogP) is 0.0934. The van der Waals surface area contributed by atoms with Crippen LogP contribution in [-0.4, -0.2) is 47.8 Å². The van der Waals surface area contributed by atoms with Crippen molar-refractivity contribution >= 4 is 17.9 Å². The van der Waals surface area contributed by atoms with Crippen LogP contribution < -0.4 is 0 Å². The summed E-state index contributed by atoms with van der Waals surface area (Å²) in [5.41, 5.74) is 0. The van der Waals surface area contributed by atoms with Gasteiger partial charge < -0.3 is 15.1 Å². The van der Waals surface area contributed by atoms with Gasteiger partial charge >= 0.3 is 17.9 Å². The standard InChI is InChI=1S/C9H7N5O4/c15-7(5-10-1-2-11-5)14(9(17)18)8(16)6-12-3-4-13-6/h1-4H,(H,10,11)(H,12,13)(H,17,18). The number of carbonyl (C=O) groups is 3. The van der Waals surface area contributed by atoms with Crippen molar-refractivity contribution in [3.8, 4) is 0 Å². The molecule has 0 aliphatic carbocycles. The second kappa shape index (κ2) is 4.49. The van der Waals surface area contributed by atoms with Crippen molar-refractivity contribution in [1.29, 1.82) is 0 Å². The van der Waals surface area contributed by atoms with Gasteiger partial charge in [-0.15, -0.1) is 0 Å². The van der Waals surface area contributed by atoms with E-state index in [0.29, 0.717) is 0 Å². The first-order chi connectivity index (χ1) is 8.61. The van der Waals surface area contributed by atoms with E-state index in [1.165, 1.54) is 24.8 Å². The van der Waals surface area contributed by atoms with Crippen molar-refractivity contribution < 1.29 is 19.5 Å². The van der Waals surface area contributed by atoms with E-state index in [-0.39, 0.29) is 16.5 Å². The number of aromatic amines is 2. The van der Waals surface area contributed by atoms with E-state index in [4.69, 9.17) is 5.11 Å². The molecule has 0 fully saturated rings. The van der Waals surface area contributed by atoms with Crippen molar-refractivity contribution in [2.75, 3.05) is 0 Å². The summed E-state index contributed by atoms with van der Waals surface area (Å²) in [7, 11) is 0. The van der Waals surface area contributed by atoms with Gasteiger partial charge in [-0.25, -0.2) is 14.8 Å². The number of hydrogen-bond acceptors (Lipinski definition) is 5. The minimum atomic E-state index is -1.71. The maximum atomic E-state index is 11.8. The molecule has 0 bridgehead atoms. The number of nitrogens with zero attached hydrogens (tertiary/aromatic N) is 3. The van der Waals surface area contributed by atoms with E-state index < -0.39 is 17.9 Å². The van der Waals surface area contributed by atoms with Crippen molar-refractivity contribution in [3.63, 3.8) is 0 Å². The lowest BCUT2D eigenvalue weighted by molar-refractivity contribution is 0.0602. The largest absolute Gasteiger partial charge is 0.464 e. The summed E-state index contributed by atoms with van der Waals surface area (Å²) >= 11 is 0. The zero-order valence-corrected chi connectivity index (χ0v) is 8.82. The molecule has 2 aromatic rings. The molecule has 0 unspecified atom stereocenters. The van der Waals surface area contributed by atoms with Crippen molar-refractivity contribution in [3.05, 3.63) is 36.4 Å². The molecule has 3 N–H and O–H groups in total. The van der Waals surface area contributed by atoms with Crippen molar-refractivity contribution in [2.45, 2.75) is 0 Å². The Kier molecular flexibility index (Phi) is 2.87. The second-order valence-corrected chi connectivity index (χ2v) is 3.10. The van der Waals surface area contributed by atoms with E-state index in [9.17, 15) is 14.4 Å². The van der Waals surface area contributed by atoms with Crippen molar-refractivity contribution in [2.24, 2.45) is 0 Å². The molecule has 0 aliphatic heterocycles. The lowest BCUT2D eigenvalue weighted by atomic mass is 10.4. The summed E-state index contributed by atoms with van der Waals surface area (Å²) in [6.45, 7) is 0. The molecule has 0 saturated carbocycles. The molecule has 0 saturated heterocycles. The molecule has 9 heteroatoms. The van der Waals surface area contributed by atoms with Crippen LogP contribution in [0.3, 0.4) is 0 Å². The molecular weight excluding hydrogens is 242 g/mol. The Bertz CT molecular complexity index is 528. The highest BCUT2D eigenvalue weighted by molar-refractivity contribution is 6.16. The number of imidazole rings is 2. The van der Waals surface area contributed by atoms with Gasteiger partial charge in [0.05, 0.1) is 0 Å². The fraction of sp³-hybridized carbons (Fsp3) is 0. The topological polar surface area (TPSA) is 132 Å². The third-order valence-corrected chi connectivity index (χ3v) is 2.00. The van der Waals surface area contributed by atoms with Gasteiger partial charge in [0.15, 0.2) is 11.6 Å². The molecule has 0 aromatic carbocycles. The molecule has 2 rings (SSSR count). The molecule has 2 heterocycles. The number of rotatable bonds is 2. The van der Waals surface area contributed by atoms with Crippen LogP contribution in [0.4, 0.5) is 4.79 Å². The number of nitrogens with one attached hydrogen (secondary N) is 2. The average Bonchev–Trinajstić information content (AvgIpc) is 3.02. The Morgan fingerprint density at radius 1 is 1.00 bits per heavy atom. The van der Waals surface area contributed by atoms with E-state index in [1.54, 1.807) is 0 Å². The molecule has 18 heavy (non-hydrogen) atoms. The fourth-order valence-corrected chi connectivity index (χ4v) is 1.24. The molecule has 9 nitrogen and oxygen atoms in total. The molecule has 0 atom stereocenters. The maximum absolute atomic E-state index is 11.8. The quantitative estimate of drug-likeness (QED) is 0.646. The molecule has 0 radical (unpaired) electrons. The van der Waals surface area contributed by atoms with E-state index >= 15 is 0 Å². The van der Waals surface area contributed by atoms with Gasteiger partial charge in [0, 0.05) is 24.8 Å². The number of imide groups is 3. The van der Waals surface area contributed by atoms with Gasteiger partial charge in [-0.3, -0.25) is 9.59 Å². The Hall–Kier alpha value is -2.97. The minimum Gasteiger partial charge on any atom is -0.464 e. The number of hydrogen-bond donors (Lipinski definition) is 3. The number of carbonyl (C=O) groups excluding carboxylic acids is 2. The SMILES string of the molecule is O=C(O)N(C(=O)c1ncc[nH]1)C(=O)c1ncc[nH]1. The Labute approximate surface area is 99.5 Å². The highest BCUT2D eigenvalue weighted by Crippen LogP contribution is 2.05. The van der Waals surface area contributed by atoms with Crippen LogP contribution in [0.1, 0.15) is 21.2 Å². The molecule has 2 aromatic heterocycles. The van der Waals surface area contributed by atoms with Crippen LogP contribution in [0.2, 0.25) is 0 Å².